The summed E-state index contributed by atoms with van der Waals surface area (Å²) in [7, 11) is 2.19. The molecule has 0 aromatic heterocycles. The van der Waals surface area contributed by atoms with Crippen molar-refractivity contribution >= 4 is 9.76 Å². The van der Waals surface area contributed by atoms with Crippen LogP contribution in [0.3, 0.4) is 0 Å². The molecule has 24 heavy (non-hydrogen) atoms. The zero-order chi connectivity index (χ0) is 18.0. The second kappa shape index (κ2) is 10.8. The topological polar surface area (TPSA) is 18.5 Å². The second-order valence-corrected chi connectivity index (χ2v) is 8.73. The highest BCUT2D eigenvalue weighted by Gasteiger charge is 2.39. The summed E-state index contributed by atoms with van der Waals surface area (Å²) in [6.45, 7) is 11.7. The Bertz CT molecular complexity index is 432. The molecule has 0 amide bonds. The summed E-state index contributed by atoms with van der Waals surface area (Å²) in [6.07, 6.45) is 7.96. The van der Waals surface area contributed by atoms with Gasteiger partial charge in [0, 0.05) is 5.04 Å². The van der Waals surface area contributed by atoms with Gasteiger partial charge in [-0.15, -0.1) is 0 Å². The van der Waals surface area contributed by atoms with Gasteiger partial charge in [0.25, 0.3) is 0 Å². The zero-order valence-electron chi connectivity index (χ0n) is 16.5. The molecule has 0 fully saturated rings. The lowest BCUT2D eigenvalue weighted by atomic mass is 9.80. The number of benzene rings is 1. The molecule has 1 aromatic rings. The Labute approximate surface area is 152 Å². The van der Waals surface area contributed by atoms with E-state index in [9.17, 15) is 0 Å². The fourth-order valence-corrected chi connectivity index (χ4v) is 4.54. The number of hydrogen-bond donors (Lipinski definition) is 0. The largest absolute Gasteiger partial charge is 0.540 e. The van der Waals surface area contributed by atoms with E-state index in [-0.39, 0.29) is 5.04 Å². The van der Waals surface area contributed by atoms with Crippen molar-refractivity contribution in [2.75, 3.05) is 7.11 Å². The second-order valence-electron chi connectivity index (χ2n) is 7.39. The summed E-state index contributed by atoms with van der Waals surface area (Å²) in [6, 6.07) is 7.96. The van der Waals surface area contributed by atoms with E-state index in [1.807, 2.05) is 24.3 Å². The molecule has 0 saturated carbocycles. The molecule has 0 aliphatic carbocycles. The number of ether oxygens (including phenoxy) is 1. The van der Waals surface area contributed by atoms with Crippen molar-refractivity contribution in [1.82, 2.24) is 0 Å². The first kappa shape index (κ1) is 21.1. The molecule has 3 heteroatoms. The molecule has 0 spiro atoms. The number of hydrogen-bond acceptors (Lipinski definition) is 2. The molecule has 0 aliphatic heterocycles. The molecule has 1 rings (SSSR count). The van der Waals surface area contributed by atoms with Crippen LogP contribution in [0.25, 0.3) is 0 Å². The minimum Gasteiger partial charge on any atom is -0.540 e. The van der Waals surface area contributed by atoms with Gasteiger partial charge >= 0.3 is 9.76 Å². The average Bonchev–Trinajstić information content (AvgIpc) is 2.57. The van der Waals surface area contributed by atoms with Gasteiger partial charge in [0.15, 0.2) is 0 Å². The molecule has 2 nitrogen and oxygen atoms in total. The fraction of sp³-hybridized carbons (Fsp3) is 0.714. The van der Waals surface area contributed by atoms with E-state index in [4.69, 9.17) is 9.16 Å². The summed E-state index contributed by atoms with van der Waals surface area (Å²) in [4.78, 5) is 0. The SMILES string of the molecule is CCCCCCCC([Si]Oc1ccc(OC)cc1)(C(C)C)C(C)C. The maximum absolute atomic E-state index is 6.24. The first-order chi connectivity index (χ1) is 11.5. The Morgan fingerprint density at radius 3 is 1.92 bits per heavy atom. The summed E-state index contributed by atoms with van der Waals surface area (Å²) < 4.78 is 11.5. The van der Waals surface area contributed by atoms with Crippen LogP contribution in [0.5, 0.6) is 11.5 Å². The molecule has 2 radical (unpaired) electrons. The van der Waals surface area contributed by atoms with Gasteiger partial charge < -0.3 is 9.16 Å². The highest BCUT2D eigenvalue weighted by molar-refractivity contribution is 6.33. The maximum atomic E-state index is 6.24. The first-order valence-electron chi connectivity index (χ1n) is 9.54. The molecule has 1 aromatic carbocycles. The standard InChI is InChI=1S/C21H36O2Si/c1-7-8-9-10-11-16-21(17(2)3,18(4)5)24-23-20-14-12-19(22-6)13-15-20/h12-15,17-18H,7-11,16H2,1-6H3. The van der Waals surface area contributed by atoms with Gasteiger partial charge in [-0.05, 0) is 42.5 Å². The normalized spacial score (nSPS) is 12.0. The minimum absolute atomic E-state index is 0.270. The molecule has 0 atom stereocenters. The van der Waals surface area contributed by atoms with Crippen molar-refractivity contribution in [3.63, 3.8) is 0 Å². The lowest BCUT2D eigenvalue weighted by Crippen LogP contribution is -2.35. The summed E-state index contributed by atoms with van der Waals surface area (Å²) >= 11 is 0. The monoisotopic (exact) mass is 348 g/mol. The predicted octanol–water partition coefficient (Wildman–Crippen LogP) is 6.52. The lowest BCUT2D eigenvalue weighted by Gasteiger charge is -2.40. The van der Waals surface area contributed by atoms with Crippen LogP contribution in [0.2, 0.25) is 5.04 Å². The van der Waals surface area contributed by atoms with E-state index in [2.05, 4.69) is 34.6 Å². The van der Waals surface area contributed by atoms with Crippen LogP contribution in [-0.4, -0.2) is 16.9 Å². The molecule has 0 saturated heterocycles. The summed E-state index contributed by atoms with van der Waals surface area (Å²) in [5.74, 6) is 3.08. The maximum Gasteiger partial charge on any atom is 0.318 e. The third-order valence-corrected chi connectivity index (χ3v) is 7.30. The summed E-state index contributed by atoms with van der Waals surface area (Å²) in [5.41, 5.74) is 0. The Kier molecular flexibility index (Phi) is 9.49. The van der Waals surface area contributed by atoms with Crippen molar-refractivity contribution < 1.29 is 9.16 Å². The van der Waals surface area contributed by atoms with Crippen LogP contribution >= 0.6 is 0 Å². The van der Waals surface area contributed by atoms with Gasteiger partial charge in [0.2, 0.25) is 0 Å². The van der Waals surface area contributed by atoms with Crippen LogP contribution in [0.15, 0.2) is 24.3 Å². The number of unbranched alkanes of at least 4 members (excludes halogenated alkanes) is 4. The third-order valence-electron chi connectivity index (χ3n) is 5.17. The van der Waals surface area contributed by atoms with Gasteiger partial charge in [-0.1, -0.05) is 66.7 Å². The van der Waals surface area contributed by atoms with Crippen molar-refractivity contribution in [3.05, 3.63) is 24.3 Å². The van der Waals surface area contributed by atoms with Crippen molar-refractivity contribution in [2.24, 2.45) is 11.8 Å². The smallest absolute Gasteiger partial charge is 0.318 e. The number of rotatable bonds is 12. The van der Waals surface area contributed by atoms with E-state index >= 15 is 0 Å². The van der Waals surface area contributed by atoms with Crippen molar-refractivity contribution in [3.8, 4) is 11.5 Å². The highest BCUT2D eigenvalue weighted by Crippen LogP contribution is 2.47. The van der Waals surface area contributed by atoms with E-state index in [0.717, 1.165) is 11.5 Å². The molecular formula is C21H36O2Si. The third kappa shape index (κ3) is 6.16. The van der Waals surface area contributed by atoms with Crippen LogP contribution in [0, 0.1) is 11.8 Å². The van der Waals surface area contributed by atoms with Crippen LogP contribution in [0.1, 0.15) is 73.1 Å². The van der Waals surface area contributed by atoms with E-state index < -0.39 is 0 Å². The van der Waals surface area contributed by atoms with E-state index in [1.54, 1.807) is 7.11 Å². The van der Waals surface area contributed by atoms with Crippen molar-refractivity contribution in [1.29, 1.82) is 0 Å². The van der Waals surface area contributed by atoms with Gasteiger partial charge in [-0.2, -0.15) is 0 Å². The van der Waals surface area contributed by atoms with Gasteiger partial charge in [0.1, 0.15) is 11.5 Å². The lowest BCUT2D eigenvalue weighted by molar-refractivity contribution is 0.261. The van der Waals surface area contributed by atoms with E-state index in [1.165, 1.54) is 38.5 Å². The molecule has 0 bridgehead atoms. The zero-order valence-corrected chi connectivity index (χ0v) is 17.5. The Balaban J connectivity index is 2.69. The van der Waals surface area contributed by atoms with Crippen molar-refractivity contribution in [2.45, 2.75) is 78.2 Å². The quantitative estimate of drug-likeness (QED) is 0.316. The van der Waals surface area contributed by atoms with Gasteiger partial charge in [-0.25, -0.2) is 0 Å². The van der Waals surface area contributed by atoms with Crippen LogP contribution < -0.4 is 9.16 Å². The molecule has 0 unspecified atom stereocenters. The Morgan fingerprint density at radius 1 is 0.875 bits per heavy atom. The summed E-state index contributed by atoms with van der Waals surface area (Å²) in [5, 5.41) is 0.270. The van der Waals surface area contributed by atoms with E-state index in [0.29, 0.717) is 21.6 Å². The van der Waals surface area contributed by atoms with Crippen LogP contribution in [-0.2, 0) is 0 Å². The Morgan fingerprint density at radius 2 is 1.42 bits per heavy atom. The molecule has 0 heterocycles. The average molecular weight is 349 g/mol. The highest BCUT2D eigenvalue weighted by atomic mass is 28.2. The fourth-order valence-electron chi connectivity index (χ4n) is 3.35. The van der Waals surface area contributed by atoms with Gasteiger partial charge in [-0.3, -0.25) is 0 Å². The first-order valence-corrected chi connectivity index (χ1v) is 10.4. The molecule has 136 valence electrons. The minimum atomic E-state index is 0.270. The Hall–Kier alpha value is -0.963. The number of methoxy groups -OCH3 is 1. The van der Waals surface area contributed by atoms with Crippen LogP contribution in [0.4, 0.5) is 0 Å². The molecule has 0 N–H and O–H groups in total. The predicted molar refractivity (Wildman–Crippen MR) is 105 cm³/mol. The molecular weight excluding hydrogens is 312 g/mol. The molecule has 0 aliphatic rings. The van der Waals surface area contributed by atoms with Gasteiger partial charge in [0.05, 0.1) is 7.11 Å².